The molecule has 42 heavy (non-hydrogen) atoms. The van der Waals surface area contributed by atoms with Crippen molar-refractivity contribution in [3.8, 4) is 22.3 Å². The van der Waals surface area contributed by atoms with Crippen molar-refractivity contribution in [3.05, 3.63) is 146 Å². The molecule has 0 aliphatic rings. The monoisotopic (exact) mass is 532 g/mol. The molecule has 0 saturated heterocycles. The van der Waals surface area contributed by atoms with Crippen LogP contribution in [0.1, 0.15) is 0 Å². The Bertz CT molecular complexity index is 2260. The first-order valence-electron chi connectivity index (χ1n) is 14.3. The topological polar surface area (TPSA) is 25.8 Å². The minimum absolute atomic E-state index is 0.945. The maximum atomic E-state index is 4.75. The van der Waals surface area contributed by atoms with Crippen molar-refractivity contribution in [1.82, 2.24) is 9.97 Å². The van der Waals surface area contributed by atoms with Gasteiger partial charge >= 0.3 is 0 Å². The van der Waals surface area contributed by atoms with E-state index in [-0.39, 0.29) is 0 Å². The van der Waals surface area contributed by atoms with Crippen LogP contribution in [0.5, 0.6) is 0 Å². The summed E-state index contributed by atoms with van der Waals surface area (Å²) in [6.07, 6.45) is 3.56. The van der Waals surface area contributed by atoms with Crippen LogP contribution in [0.3, 0.4) is 0 Å². The Morgan fingerprint density at radius 3 is 1.12 bits per heavy atom. The quantitative estimate of drug-likeness (QED) is 0.207. The fraction of sp³-hybridized carbons (Fsp3) is 0. The lowest BCUT2D eigenvalue weighted by molar-refractivity contribution is 1.31. The van der Waals surface area contributed by atoms with E-state index in [9.17, 15) is 0 Å². The van der Waals surface area contributed by atoms with Gasteiger partial charge in [-0.15, -0.1) is 0 Å². The minimum Gasteiger partial charge on any atom is -0.252 e. The van der Waals surface area contributed by atoms with Gasteiger partial charge in [0.05, 0.1) is 11.0 Å². The highest BCUT2D eigenvalue weighted by molar-refractivity contribution is 6.26. The lowest BCUT2D eigenvalue weighted by atomic mass is 9.91. The normalized spacial score (nSPS) is 11.8. The lowest BCUT2D eigenvalue weighted by Gasteiger charge is -2.13. The fourth-order valence-electron chi connectivity index (χ4n) is 6.75. The Balaban J connectivity index is 1.17. The number of rotatable bonds is 2. The van der Waals surface area contributed by atoms with Gasteiger partial charge in [0.25, 0.3) is 0 Å². The summed E-state index contributed by atoms with van der Waals surface area (Å²) in [5, 5.41) is 12.5. The molecule has 9 rings (SSSR count). The van der Waals surface area contributed by atoms with Crippen molar-refractivity contribution in [2.24, 2.45) is 0 Å². The second kappa shape index (κ2) is 8.95. The van der Waals surface area contributed by atoms with Gasteiger partial charge in [0, 0.05) is 23.2 Å². The molecule has 0 N–H and O–H groups in total. The zero-order valence-corrected chi connectivity index (χ0v) is 22.8. The number of fused-ring (bicyclic) bond motifs is 12. The summed E-state index contributed by atoms with van der Waals surface area (Å²) >= 11 is 0. The summed E-state index contributed by atoms with van der Waals surface area (Å²) < 4.78 is 0. The van der Waals surface area contributed by atoms with Crippen LogP contribution in [0.15, 0.2) is 146 Å². The van der Waals surface area contributed by atoms with E-state index in [0.29, 0.717) is 0 Å². The van der Waals surface area contributed by atoms with E-state index >= 15 is 0 Å². The molecule has 2 nitrogen and oxygen atoms in total. The van der Waals surface area contributed by atoms with E-state index in [0.717, 1.165) is 21.8 Å². The smallest absolute Gasteiger partial charge is 0.0971 e. The van der Waals surface area contributed by atoms with Gasteiger partial charge in [0.1, 0.15) is 0 Å². The molecule has 0 amide bonds. The number of nitrogens with zero attached hydrogens (tertiary/aromatic N) is 2. The fourth-order valence-corrected chi connectivity index (χ4v) is 6.75. The van der Waals surface area contributed by atoms with Crippen LogP contribution in [-0.2, 0) is 0 Å². The Kier molecular flexibility index (Phi) is 4.93. The van der Waals surface area contributed by atoms with E-state index in [1.54, 1.807) is 12.4 Å². The highest BCUT2D eigenvalue weighted by Crippen LogP contribution is 2.38. The number of hydrogen-bond acceptors (Lipinski definition) is 2. The molecule has 0 bridgehead atoms. The van der Waals surface area contributed by atoms with Crippen LogP contribution < -0.4 is 0 Å². The molecule has 0 radical (unpaired) electrons. The number of benzene rings is 8. The summed E-state index contributed by atoms with van der Waals surface area (Å²) in [6.45, 7) is 0. The largest absolute Gasteiger partial charge is 0.252 e. The molecule has 0 aliphatic carbocycles. The molecule has 8 aromatic carbocycles. The molecule has 194 valence electrons. The van der Waals surface area contributed by atoms with Crippen LogP contribution in [0.25, 0.3) is 87.1 Å². The van der Waals surface area contributed by atoms with Gasteiger partial charge < -0.3 is 0 Å². The standard InChI is InChI=1S/C40H24N2/c1-2-9-31-29(7-1)30-8-3-4-11-33(30)37-23-27(17-19-34(31)37)25-13-15-26(16-14-25)28-18-20-35-32-10-5-6-12-36(32)39-40(38(35)24-28)42-22-21-41-39/h1-24H. The summed E-state index contributed by atoms with van der Waals surface area (Å²) in [7, 11) is 0. The average molecular weight is 533 g/mol. The molecule has 0 unspecified atom stereocenters. The van der Waals surface area contributed by atoms with E-state index in [1.165, 1.54) is 65.3 Å². The van der Waals surface area contributed by atoms with Crippen LogP contribution in [0, 0.1) is 0 Å². The molecular weight excluding hydrogens is 508 g/mol. The maximum absolute atomic E-state index is 4.75. The molecule has 9 aromatic rings. The first-order valence-corrected chi connectivity index (χ1v) is 14.3. The van der Waals surface area contributed by atoms with E-state index in [2.05, 4.69) is 133 Å². The van der Waals surface area contributed by atoms with Gasteiger partial charge in [-0.05, 0) is 77.5 Å². The zero-order valence-electron chi connectivity index (χ0n) is 22.8. The van der Waals surface area contributed by atoms with Gasteiger partial charge in [-0.2, -0.15) is 0 Å². The summed E-state index contributed by atoms with van der Waals surface area (Å²) in [5.74, 6) is 0. The second-order valence-electron chi connectivity index (χ2n) is 11.0. The van der Waals surface area contributed by atoms with Gasteiger partial charge in [0.15, 0.2) is 0 Å². The predicted molar refractivity (Wildman–Crippen MR) is 178 cm³/mol. The number of hydrogen-bond donors (Lipinski definition) is 0. The van der Waals surface area contributed by atoms with Crippen LogP contribution in [-0.4, -0.2) is 9.97 Å². The second-order valence-corrected chi connectivity index (χ2v) is 11.0. The van der Waals surface area contributed by atoms with Crippen molar-refractivity contribution in [3.63, 3.8) is 0 Å². The lowest BCUT2D eigenvalue weighted by Crippen LogP contribution is -1.89. The van der Waals surface area contributed by atoms with E-state index < -0.39 is 0 Å². The van der Waals surface area contributed by atoms with Gasteiger partial charge in [0.2, 0.25) is 0 Å². The first-order chi connectivity index (χ1) is 20.8. The van der Waals surface area contributed by atoms with Crippen LogP contribution in [0.2, 0.25) is 0 Å². The van der Waals surface area contributed by atoms with Crippen molar-refractivity contribution in [2.75, 3.05) is 0 Å². The Hall–Kier alpha value is -5.60. The zero-order chi connectivity index (χ0) is 27.6. The first kappa shape index (κ1) is 23.1. The molecule has 0 aliphatic heterocycles. The Labute approximate surface area is 242 Å². The van der Waals surface area contributed by atoms with E-state index in [4.69, 9.17) is 9.97 Å². The highest BCUT2D eigenvalue weighted by atomic mass is 14.8. The number of aromatic nitrogens is 2. The highest BCUT2D eigenvalue weighted by Gasteiger charge is 2.12. The van der Waals surface area contributed by atoms with Gasteiger partial charge in [-0.25, -0.2) is 0 Å². The summed E-state index contributed by atoms with van der Waals surface area (Å²) in [5.41, 5.74) is 6.68. The third kappa shape index (κ3) is 3.39. The summed E-state index contributed by atoms with van der Waals surface area (Å²) in [6, 6.07) is 48.5. The summed E-state index contributed by atoms with van der Waals surface area (Å²) in [4.78, 5) is 9.45. The molecule has 2 heteroatoms. The Morgan fingerprint density at radius 2 is 0.595 bits per heavy atom. The van der Waals surface area contributed by atoms with Gasteiger partial charge in [-0.1, -0.05) is 121 Å². The average Bonchev–Trinajstić information content (AvgIpc) is 3.08. The van der Waals surface area contributed by atoms with Crippen LogP contribution >= 0.6 is 0 Å². The van der Waals surface area contributed by atoms with Crippen molar-refractivity contribution >= 4 is 64.9 Å². The minimum atomic E-state index is 0.945. The third-order valence-electron chi connectivity index (χ3n) is 8.74. The van der Waals surface area contributed by atoms with Crippen LogP contribution in [0.4, 0.5) is 0 Å². The third-order valence-corrected chi connectivity index (χ3v) is 8.74. The van der Waals surface area contributed by atoms with Gasteiger partial charge in [-0.3, -0.25) is 9.97 Å². The molecule has 1 heterocycles. The molecule has 1 aromatic heterocycles. The molecular formula is C40H24N2. The van der Waals surface area contributed by atoms with E-state index in [1.807, 2.05) is 0 Å². The molecule has 0 atom stereocenters. The Morgan fingerprint density at radius 1 is 0.262 bits per heavy atom. The SMILES string of the molecule is c1ccc2c(c1)c1ccccc1c1cc(-c3ccc(-c4ccc5c6ccccc6c6nccnc6c5c4)cc3)ccc21. The predicted octanol–water partition coefficient (Wildman–Crippen LogP) is 10.7. The maximum Gasteiger partial charge on any atom is 0.0971 e. The molecule has 0 fully saturated rings. The van der Waals surface area contributed by atoms with Crippen molar-refractivity contribution in [2.45, 2.75) is 0 Å². The molecule has 0 saturated carbocycles. The van der Waals surface area contributed by atoms with Crippen molar-refractivity contribution < 1.29 is 0 Å². The van der Waals surface area contributed by atoms with Crippen molar-refractivity contribution in [1.29, 1.82) is 0 Å². The molecule has 0 spiro atoms.